The van der Waals surface area contributed by atoms with Gasteiger partial charge in [-0.3, -0.25) is 9.59 Å². The third-order valence-electron chi connectivity index (χ3n) is 5.67. The van der Waals surface area contributed by atoms with E-state index >= 15 is 0 Å². The number of carbonyl (C=O) groups is 2. The van der Waals surface area contributed by atoms with Crippen LogP contribution < -0.4 is 14.2 Å². The Morgan fingerprint density at radius 1 is 1.15 bits per heavy atom. The third kappa shape index (κ3) is 4.24. The van der Waals surface area contributed by atoms with Gasteiger partial charge in [0.05, 0.1) is 44.1 Å². The highest BCUT2D eigenvalue weighted by Gasteiger charge is 2.44. The Balaban J connectivity index is 1.77. The Bertz CT molecular complexity index is 1180. The van der Waals surface area contributed by atoms with Crippen LogP contribution in [0.5, 0.6) is 17.2 Å². The molecule has 1 aromatic carbocycles. The molecule has 0 fully saturated rings. The van der Waals surface area contributed by atoms with Gasteiger partial charge in [-0.2, -0.15) is 0 Å². The molecule has 3 aromatic rings. The van der Waals surface area contributed by atoms with Crippen LogP contribution in [0.25, 0.3) is 0 Å². The lowest BCUT2D eigenvalue weighted by atomic mass is 9.94. The number of thiophene rings is 1. The van der Waals surface area contributed by atoms with Crippen molar-refractivity contribution in [1.29, 1.82) is 0 Å². The summed E-state index contributed by atoms with van der Waals surface area (Å²) in [5, 5.41) is 12.6. The Morgan fingerprint density at radius 3 is 2.44 bits per heavy atom. The van der Waals surface area contributed by atoms with Crippen molar-refractivity contribution in [3.8, 4) is 17.2 Å². The van der Waals surface area contributed by atoms with Crippen LogP contribution in [0.15, 0.2) is 59.7 Å². The summed E-state index contributed by atoms with van der Waals surface area (Å²) in [6.07, 6.45) is 5.82. The van der Waals surface area contributed by atoms with Gasteiger partial charge in [-0.25, -0.2) is 4.98 Å². The van der Waals surface area contributed by atoms with E-state index in [1.54, 1.807) is 42.2 Å². The minimum absolute atomic E-state index is 0.0318. The Labute approximate surface area is 200 Å². The molecule has 9 nitrogen and oxygen atoms in total. The molecular weight excluding hydrogens is 458 g/mol. The first-order valence-electron chi connectivity index (χ1n) is 10.6. The SMILES string of the molecule is COc1cc([C@H]2C(C(=O)c3cccs3)=C(O)C(=O)N2CCCn2ccnc2)cc(OC)c1OC. The zero-order valence-corrected chi connectivity index (χ0v) is 19.9. The van der Waals surface area contributed by atoms with Gasteiger partial charge in [0, 0.05) is 25.5 Å². The number of benzene rings is 1. The fourth-order valence-corrected chi connectivity index (χ4v) is 4.78. The van der Waals surface area contributed by atoms with Crippen molar-refractivity contribution in [1.82, 2.24) is 14.5 Å². The summed E-state index contributed by atoms with van der Waals surface area (Å²) < 4.78 is 18.3. The first-order chi connectivity index (χ1) is 16.5. The van der Waals surface area contributed by atoms with E-state index in [4.69, 9.17) is 14.2 Å². The van der Waals surface area contributed by atoms with Gasteiger partial charge in [0.1, 0.15) is 0 Å². The van der Waals surface area contributed by atoms with Crippen LogP contribution >= 0.6 is 11.3 Å². The summed E-state index contributed by atoms with van der Waals surface area (Å²) in [5.41, 5.74) is 0.596. The Hall–Kier alpha value is -3.79. The van der Waals surface area contributed by atoms with Crippen molar-refractivity contribution in [2.75, 3.05) is 27.9 Å². The lowest BCUT2D eigenvalue weighted by molar-refractivity contribution is -0.129. The third-order valence-corrected chi connectivity index (χ3v) is 6.54. The highest BCUT2D eigenvalue weighted by molar-refractivity contribution is 7.12. The van der Waals surface area contributed by atoms with E-state index in [2.05, 4.69) is 4.98 Å². The second-order valence-corrected chi connectivity index (χ2v) is 8.53. The van der Waals surface area contributed by atoms with Crippen LogP contribution in [-0.2, 0) is 11.3 Å². The number of Topliss-reactive ketones (excluding diaryl/α,β-unsaturated/α-hetero) is 1. The summed E-state index contributed by atoms with van der Waals surface area (Å²) in [5.74, 6) is -0.362. The number of hydrogen-bond donors (Lipinski definition) is 1. The average Bonchev–Trinajstić information content (AvgIpc) is 3.61. The molecule has 4 rings (SSSR count). The van der Waals surface area contributed by atoms with E-state index in [0.717, 1.165) is 0 Å². The van der Waals surface area contributed by atoms with Gasteiger partial charge in [0.25, 0.3) is 5.91 Å². The summed E-state index contributed by atoms with van der Waals surface area (Å²) in [6, 6.07) is 6.00. The van der Waals surface area contributed by atoms with Crippen LogP contribution in [-0.4, -0.2) is 59.1 Å². The number of carbonyl (C=O) groups excluding carboxylic acids is 2. The van der Waals surface area contributed by atoms with Crippen LogP contribution in [0.3, 0.4) is 0 Å². The highest BCUT2D eigenvalue weighted by Crippen LogP contribution is 2.45. The number of nitrogens with zero attached hydrogens (tertiary/aromatic N) is 3. The number of imidazole rings is 1. The molecule has 1 aliphatic rings. The topological polar surface area (TPSA) is 103 Å². The van der Waals surface area contributed by atoms with Gasteiger partial charge in [-0.05, 0) is 35.6 Å². The molecule has 0 saturated heterocycles. The molecule has 1 aliphatic heterocycles. The molecule has 0 bridgehead atoms. The van der Waals surface area contributed by atoms with Crippen LogP contribution in [0, 0.1) is 0 Å². The smallest absolute Gasteiger partial charge is 0.290 e. The first kappa shape index (κ1) is 23.4. The minimum atomic E-state index is -0.821. The first-order valence-corrected chi connectivity index (χ1v) is 11.5. The molecule has 1 atom stereocenters. The normalized spacial score (nSPS) is 15.7. The highest BCUT2D eigenvalue weighted by atomic mass is 32.1. The standard InChI is InChI=1S/C24H25N3O6S/c1-31-16-12-15(13-17(32-2)23(16)33-3)20-19(21(28)18-6-4-11-34-18)22(29)24(30)27(20)9-5-8-26-10-7-25-14-26/h4,6-7,10-14,20,29H,5,8-9H2,1-3H3/t20-/m0/s1. The van der Waals surface area contributed by atoms with Crippen molar-refractivity contribution in [3.63, 3.8) is 0 Å². The number of ether oxygens (including phenoxy) is 3. The largest absolute Gasteiger partial charge is 0.503 e. The van der Waals surface area contributed by atoms with Crippen LogP contribution in [0.4, 0.5) is 0 Å². The lowest BCUT2D eigenvalue weighted by Gasteiger charge is -2.28. The van der Waals surface area contributed by atoms with Crippen molar-refractivity contribution in [2.24, 2.45) is 0 Å². The van der Waals surface area contributed by atoms with E-state index < -0.39 is 23.5 Å². The molecule has 0 aliphatic carbocycles. The van der Waals surface area contributed by atoms with Gasteiger partial charge < -0.3 is 28.8 Å². The van der Waals surface area contributed by atoms with Crippen molar-refractivity contribution < 1.29 is 28.9 Å². The number of aliphatic hydroxyl groups is 1. The maximum Gasteiger partial charge on any atom is 0.290 e. The van der Waals surface area contributed by atoms with Crippen molar-refractivity contribution >= 4 is 23.0 Å². The maximum absolute atomic E-state index is 13.4. The molecule has 0 spiro atoms. The maximum atomic E-state index is 13.4. The molecule has 0 unspecified atom stereocenters. The molecule has 178 valence electrons. The lowest BCUT2D eigenvalue weighted by Crippen LogP contribution is -2.32. The minimum Gasteiger partial charge on any atom is -0.503 e. The molecule has 1 amide bonds. The summed E-state index contributed by atoms with van der Waals surface area (Å²) in [4.78, 5) is 32.5. The zero-order valence-electron chi connectivity index (χ0n) is 19.1. The van der Waals surface area contributed by atoms with E-state index in [-0.39, 0.29) is 5.57 Å². The molecule has 1 N–H and O–H groups in total. The van der Waals surface area contributed by atoms with E-state index in [1.807, 2.05) is 10.8 Å². The molecule has 0 radical (unpaired) electrons. The predicted molar refractivity (Wildman–Crippen MR) is 126 cm³/mol. The quantitative estimate of drug-likeness (QED) is 0.439. The van der Waals surface area contributed by atoms with Crippen LogP contribution in [0.1, 0.15) is 27.7 Å². The van der Waals surface area contributed by atoms with E-state index in [1.165, 1.54) is 37.6 Å². The van der Waals surface area contributed by atoms with Gasteiger partial charge in [-0.1, -0.05) is 6.07 Å². The number of ketones is 1. The molecular formula is C24H25N3O6S. The molecule has 10 heteroatoms. The average molecular weight is 484 g/mol. The van der Waals surface area contributed by atoms with Crippen molar-refractivity contribution in [3.05, 3.63) is 70.1 Å². The number of aliphatic hydroxyl groups excluding tert-OH is 1. The number of aryl methyl sites for hydroxylation is 1. The fourth-order valence-electron chi connectivity index (χ4n) is 4.11. The summed E-state index contributed by atoms with van der Waals surface area (Å²) in [6.45, 7) is 0.935. The van der Waals surface area contributed by atoms with E-state index in [0.29, 0.717) is 47.2 Å². The number of rotatable bonds is 10. The van der Waals surface area contributed by atoms with Crippen LogP contribution in [0.2, 0.25) is 0 Å². The van der Waals surface area contributed by atoms with Gasteiger partial charge in [0.15, 0.2) is 17.3 Å². The fraction of sp³-hybridized carbons (Fsp3) is 0.292. The van der Waals surface area contributed by atoms with Gasteiger partial charge in [0.2, 0.25) is 11.5 Å². The Kier molecular flexibility index (Phi) is 6.87. The summed E-state index contributed by atoms with van der Waals surface area (Å²) >= 11 is 1.25. The zero-order chi connectivity index (χ0) is 24.2. The number of hydrogen-bond acceptors (Lipinski definition) is 8. The second-order valence-electron chi connectivity index (χ2n) is 7.58. The van der Waals surface area contributed by atoms with Crippen molar-refractivity contribution in [2.45, 2.75) is 19.0 Å². The molecule has 0 saturated carbocycles. The number of methoxy groups -OCH3 is 3. The second kappa shape index (κ2) is 10.0. The van der Waals surface area contributed by atoms with Gasteiger partial charge in [-0.15, -0.1) is 11.3 Å². The molecule has 3 heterocycles. The molecule has 34 heavy (non-hydrogen) atoms. The predicted octanol–water partition coefficient (Wildman–Crippen LogP) is 3.64. The summed E-state index contributed by atoms with van der Waals surface area (Å²) in [7, 11) is 4.49. The molecule has 2 aromatic heterocycles. The monoisotopic (exact) mass is 483 g/mol. The van der Waals surface area contributed by atoms with E-state index in [9.17, 15) is 14.7 Å². The van der Waals surface area contributed by atoms with Gasteiger partial charge >= 0.3 is 0 Å². The Morgan fingerprint density at radius 2 is 1.88 bits per heavy atom. The number of amides is 1. The number of aromatic nitrogens is 2.